The van der Waals surface area contributed by atoms with Crippen LogP contribution in [0.25, 0.3) is 0 Å². The number of amides is 3. The summed E-state index contributed by atoms with van der Waals surface area (Å²) >= 11 is 0. The highest BCUT2D eigenvalue weighted by Gasteiger charge is 2.33. The molecule has 0 aromatic rings. The Morgan fingerprint density at radius 2 is 1.56 bits per heavy atom. The number of nitrogens with one attached hydrogen (secondary N) is 1. The van der Waals surface area contributed by atoms with E-state index in [0.29, 0.717) is 65.4 Å². The normalized spacial score (nSPS) is 24.7. The van der Waals surface area contributed by atoms with Crippen molar-refractivity contribution in [2.24, 2.45) is 0 Å². The van der Waals surface area contributed by atoms with E-state index in [4.69, 9.17) is 4.74 Å². The van der Waals surface area contributed by atoms with Gasteiger partial charge in [-0.25, -0.2) is 4.79 Å². The molecular weight excluding hydrogens is 350 g/mol. The average molecular weight is 375 g/mol. The van der Waals surface area contributed by atoms with Gasteiger partial charge in [0.25, 0.3) is 10.2 Å². The number of ether oxygens (including phenoxy) is 1. The van der Waals surface area contributed by atoms with E-state index in [0.717, 1.165) is 6.54 Å². The van der Waals surface area contributed by atoms with E-state index in [9.17, 15) is 18.0 Å². The molecule has 3 rings (SSSR count). The van der Waals surface area contributed by atoms with Crippen LogP contribution in [-0.2, 0) is 19.7 Å². The van der Waals surface area contributed by atoms with Gasteiger partial charge in [-0.1, -0.05) is 0 Å². The lowest BCUT2D eigenvalue weighted by Gasteiger charge is -2.37. The molecule has 3 heterocycles. The van der Waals surface area contributed by atoms with Crippen LogP contribution >= 0.6 is 0 Å². The fraction of sp³-hybridized carbons (Fsp3) is 0.857. The first kappa shape index (κ1) is 18.5. The number of hydrogen-bond acceptors (Lipinski definition) is 6. The van der Waals surface area contributed by atoms with Crippen LogP contribution in [0.4, 0.5) is 4.79 Å². The molecule has 0 aliphatic carbocycles. The topological polar surface area (TPSA) is 102 Å². The monoisotopic (exact) mass is 375 g/mol. The van der Waals surface area contributed by atoms with Crippen molar-refractivity contribution in [3.8, 4) is 0 Å². The molecule has 3 amide bonds. The van der Waals surface area contributed by atoms with Crippen molar-refractivity contribution in [2.75, 3.05) is 72.1 Å². The summed E-state index contributed by atoms with van der Waals surface area (Å²) in [6.07, 6.45) is 0.690. The van der Waals surface area contributed by atoms with Gasteiger partial charge in [0.05, 0.1) is 19.8 Å². The molecule has 10 nitrogen and oxygen atoms in total. The maximum Gasteiger partial charge on any atom is 0.324 e. The summed E-state index contributed by atoms with van der Waals surface area (Å²) in [7, 11) is -3.40. The van der Waals surface area contributed by atoms with E-state index in [2.05, 4.69) is 10.2 Å². The molecule has 11 heteroatoms. The number of urea groups is 1. The van der Waals surface area contributed by atoms with Gasteiger partial charge in [0.15, 0.2) is 0 Å². The minimum absolute atomic E-state index is 0.0803. The van der Waals surface area contributed by atoms with E-state index in [-0.39, 0.29) is 18.5 Å². The molecule has 0 aromatic heterocycles. The van der Waals surface area contributed by atoms with Crippen molar-refractivity contribution in [3.05, 3.63) is 0 Å². The lowest BCUT2D eigenvalue weighted by atomic mass is 10.3. The largest absolute Gasteiger partial charge is 0.379 e. The molecule has 3 aliphatic heterocycles. The van der Waals surface area contributed by atoms with E-state index >= 15 is 0 Å². The molecule has 1 N–H and O–H groups in total. The first-order valence-electron chi connectivity index (χ1n) is 8.62. The molecule has 142 valence electrons. The minimum Gasteiger partial charge on any atom is -0.379 e. The third kappa shape index (κ3) is 4.29. The highest BCUT2D eigenvalue weighted by atomic mass is 32.2. The predicted molar refractivity (Wildman–Crippen MR) is 89.1 cm³/mol. The summed E-state index contributed by atoms with van der Waals surface area (Å²) < 4.78 is 33.4. The van der Waals surface area contributed by atoms with Crippen LogP contribution < -0.4 is 5.32 Å². The highest BCUT2D eigenvalue weighted by Crippen LogP contribution is 2.14. The predicted octanol–water partition coefficient (Wildman–Crippen LogP) is -1.88. The number of carbonyl (C=O) groups is 2. The number of imide groups is 1. The van der Waals surface area contributed by atoms with Crippen molar-refractivity contribution >= 4 is 22.1 Å². The fourth-order valence-corrected chi connectivity index (χ4v) is 4.82. The Labute approximate surface area is 147 Å². The molecule has 0 bridgehead atoms. The van der Waals surface area contributed by atoms with Gasteiger partial charge in [-0.2, -0.15) is 17.0 Å². The Hall–Kier alpha value is -1.27. The van der Waals surface area contributed by atoms with Crippen molar-refractivity contribution in [2.45, 2.75) is 6.42 Å². The zero-order valence-corrected chi connectivity index (χ0v) is 15.0. The zero-order valence-electron chi connectivity index (χ0n) is 14.2. The van der Waals surface area contributed by atoms with Crippen LogP contribution in [-0.4, -0.2) is 111 Å². The Morgan fingerprint density at radius 1 is 0.920 bits per heavy atom. The first-order chi connectivity index (χ1) is 12.0. The summed E-state index contributed by atoms with van der Waals surface area (Å²) in [5.41, 5.74) is 0. The van der Waals surface area contributed by atoms with E-state index in [1.54, 1.807) is 0 Å². The molecule has 0 radical (unpaired) electrons. The third-order valence-corrected chi connectivity index (χ3v) is 6.78. The Balaban J connectivity index is 1.41. The maximum atomic E-state index is 12.6. The van der Waals surface area contributed by atoms with Crippen molar-refractivity contribution in [1.82, 2.24) is 23.7 Å². The molecule has 3 fully saturated rings. The fourth-order valence-electron chi connectivity index (χ4n) is 3.26. The van der Waals surface area contributed by atoms with Crippen LogP contribution in [0, 0.1) is 0 Å². The second kappa shape index (κ2) is 7.96. The first-order valence-corrected chi connectivity index (χ1v) is 10.0. The molecule has 0 unspecified atom stereocenters. The van der Waals surface area contributed by atoms with Crippen molar-refractivity contribution in [3.63, 3.8) is 0 Å². The van der Waals surface area contributed by atoms with Crippen LogP contribution in [0.3, 0.4) is 0 Å². The van der Waals surface area contributed by atoms with Gasteiger partial charge in [0.2, 0.25) is 5.91 Å². The highest BCUT2D eigenvalue weighted by molar-refractivity contribution is 7.86. The standard InChI is InChI=1S/C14H25N5O5S/c20-13-12-15-14(21)19(13)3-1-2-16-4-6-17(7-5-16)25(22,23)18-8-10-24-11-9-18/h1-12H2,(H,15,21). The van der Waals surface area contributed by atoms with Crippen LogP contribution in [0.15, 0.2) is 0 Å². The lowest BCUT2D eigenvalue weighted by Crippen LogP contribution is -2.55. The number of carbonyl (C=O) groups excluding carboxylic acids is 2. The zero-order chi connectivity index (χ0) is 17.9. The number of hydrogen-bond donors (Lipinski definition) is 1. The molecule has 3 aliphatic rings. The quantitative estimate of drug-likeness (QED) is 0.546. The van der Waals surface area contributed by atoms with Gasteiger partial charge < -0.3 is 15.0 Å². The minimum atomic E-state index is -3.40. The number of nitrogens with zero attached hydrogens (tertiary/aromatic N) is 4. The number of morpholine rings is 1. The molecule has 0 aromatic carbocycles. The molecule has 0 atom stereocenters. The molecule has 25 heavy (non-hydrogen) atoms. The van der Waals surface area contributed by atoms with Gasteiger partial charge in [-0.15, -0.1) is 0 Å². The second-order valence-corrected chi connectivity index (χ2v) is 8.25. The van der Waals surface area contributed by atoms with Crippen molar-refractivity contribution < 1.29 is 22.7 Å². The van der Waals surface area contributed by atoms with Gasteiger partial charge in [-0.05, 0) is 13.0 Å². The number of piperazine rings is 1. The van der Waals surface area contributed by atoms with Crippen LogP contribution in [0.2, 0.25) is 0 Å². The molecule has 0 saturated carbocycles. The summed E-state index contributed by atoms with van der Waals surface area (Å²) in [6.45, 7) is 5.17. The molecule has 3 saturated heterocycles. The maximum absolute atomic E-state index is 12.6. The van der Waals surface area contributed by atoms with Crippen LogP contribution in [0.5, 0.6) is 0 Å². The third-order valence-electron chi connectivity index (χ3n) is 4.75. The second-order valence-electron chi connectivity index (χ2n) is 6.32. The smallest absolute Gasteiger partial charge is 0.324 e. The summed E-state index contributed by atoms with van der Waals surface area (Å²) in [4.78, 5) is 26.4. The number of rotatable bonds is 6. The summed E-state index contributed by atoms with van der Waals surface area (Å²) in [5, 5.41) is 2.50. The van der Waals surface area contributed by atoms with E-state index in [1.807, 2.05) is 0 Å². The van der Waals surface area contributed by atoms with Crippen molar-refractivity contribution in [1.29, 1.82) is 0 Å². The lowest BCUT2D eigenvalue weighted by molar-refractivity contribution is -0.125. The average Bonchev–Trinajstić information content (AvgIpc) is 2.95. The molecular formula is C14H25N5O5S. The van der Waals surface area contributed by atoms with E-state index < -0.39 is 10.2 Å². The Bertz CT molecular complexity index is 583. The SMILES string of the molecule is O=C1CNC(=O)N1CCCN1CCN(S(=O)(=O)N2CCOCC2)CC1. The van der Waals surface area contributed by atoms with Gasteiger partial charge in [0.1, 0.15) is 0 Å². The summed E-state index contributed by atoms with van der Waals surface area (Å²) in [5.74, 6) is -0.188. The van der Waals surface area contributed by atoms with Gasteiger partial charge in [0, 0.05) is 45.8 Å². The Morgan fingerprint density at radius 3 is 2.16 bits per heavy atom. The van der Waals surface area contributed by atoms with Gasteiger partial charge in [-0.3, -0.25) is 9.69 Å². The summed E-state index contributed by atoms with van der Waals surface area (Å²) in [6, 6.07) is -0.327. The van der Waals surface area contributed by atoms with E-state index in [1.165, 1.54) is 13.5 Å². The van der Waals surface area contributed by atoms with Crippen LogP contribution in [0.1, 0.15) is 6.42 Å². The Kier molecular flexibility index (Phi) is 5.89. The molecule has 0 spiro atoms. The van der Waals surface area contributed by atoms with Gasteiger partial charge >= 0.3 is 6.03 Å².